The van der Waals surface area contributed by atoms with E-state index in [2.05, 4.69) is 22.4 Å². The maximum atomic E-state index is 13.1. The van der Waals surface area contributed by atoms with E-state index in [0.29, 0.717) is 23.1 Å². The van der Waals surface area contributed by atoms with Crippen LogP contribution in [0.3, 0.4) is 0 Å². The Morgan fingerprint density at radius 3 is 2.33 bits per heavy atom. The van der Waals surface area contributed by atoms with Gasteiger partial charge in [-0.05, 0) is 73.9 Å². The summed E-state index contributed by atoms with van der Waals surface area (Å²) in [5.74, 6) is 1.72. The molecule has 0 spiro atoms. The van der Waals surface area contributed by atoms with Crippen molar-refractivity contribution in [3.05, 3.63) is 48.2 Å². The molecule has 0 amide bonds. The third-order valence-electron chi connectivity index (χ3n) is 6.92. The second-order valence-corrected chi connectivity index (χ2v) is 9.24. The van der Waals surface area contributed by atoms with Crippen LogP contribution in [0.15, 0.2) is 42.6 Å². The number of hydrogen-bond acceptors (Lipinski definition) is 6. The molecule has 0 radical (unpaired) electrons. The van der Waals surface area contributed by atoms with E-state index < -0.39 is 0 Å². The van der Waals surface area contributed by atoms with Gasteiger partial charge in [-0.1, -0.05) is 12.1 Å². The number of fused-ring (bicyclic) bond motifs is 1. The van der Waals surface area contributed by atoms with Crippen molar-refractivity contribution < 1.29 is 14.3 Å². The number of ketones is 1. The van der Waals surface area contributed by atoms with E-state index in [1.165, 1.54) is 0 Å². The van der Waals surface area contributed by atoms with E-state index in [0.717, 1.165) is 66.2 Å². The first-order valence-corrected chi connectivity index (χ1v) is 11.8. The molecule has 2 fully saturated rings. The third kappa shape index (κ3) is 4.40. The van der Waals surface area contributed by atoms with Gasteiger partial charge >= 0.3 is 0 Å². The molecule has 5 rings (SSSR count). The second-order valence-electron chi connectivity index (χ2n) is 9.24. The van der Waals surface area contributed by atoms with Gasteiger partial charge in [0.1, 0.15) is 0 Å². The molecule has 0 aliphatic heterocycles. The van der Waals surface area contributed by atoms with E-state index in [9.17, 15) is 4.79 Å². The van der Waals surface area contributed by atoms with Crippen LogP contribution in [-0.2, 0) is 0 Å². The molecule has 3 aromatic rings. The standard InChI is InChI=1S/C27H31N3O3/c1-32-24-12-6-18(14-25(24)33-2)17-5-11-23-21(13-17)26(30-20-9-7-19(28)8-10-20)22(15-29-23)27(31)16-3-4-16/h5-6,11-16,19-20H,3-4,7-10,28H2,1-2H3,(H,29,30)/t19-,20-. The molecular formula is C27H31N3O3. The van der Waals surface area contributed by atoms with Crippen molar-refractivity contribution in [3.63, 3.8) is 0 Å². The number of nitrogens with two attached hydrogens (primary N) is 1. The number of hydrogen-bond donors (Lipinski definition) is 2. The van der Waals surface area contributed by atoms with Crippen LogP contribution < -0.4 is 20.5 Å². The monoisotopic (exact) mass is 445 g/mol. The van der Waals surface area contributed by atoms with Gasteiger partial charge in [-0.15, -0.1) is 0 Å². The molecule has 172 valence electrons. The molecule has 2 aliphatic rings. The van der Waals surface area contributed by atoms with Crippen molar-refractivity contribution in [2.24, 2.45) is 11.7 Å². The molecule has 33 heavy (non-hydrogen) atoms. The summed E-state index contributed by atoms with van der Waals surface area (Å²) in [4.78, 5) is 17.8. The van der Waals surface area contributed by atoms with E-state index in [-0.39, 0.29) is 17.7 Å². The molecule has 2 aliphatic carbocycles. The predicted octanol–water partition coefficient (Wildman–Crippen LogP) is 5.19. The summed E-state index contributed by atoms with van der Waals surface area (Å²) in [6.07, 6.45) is 7.73. The lowest BCUT2D eigenvalue weighted by atomic mass is 9.91. The fraction of sp³-hybridized carbons (Fsp3) is 0.407. The van der Waals surface area contributed by atoms with Crippen LogP contribution in [0.25, 0.3) is 22.0 Å². The highest BCUT2D eigenvalue weighted by molar-refractivity contribution is 6.10. The van der Waals surface area contributed by atoms with Crippen LogP contribution in [0.5, 0.6) is 11.5 Å². The highest BCUT2D eigenvalue weighted by Gasteiger charge is 2.33. The highest BCUT2D eigenvalue weighted by atomic mass is 16.5. The number of benzene rings is 2. The van der Waals surface area contributed by atoms with Crippen molar-refractivity contribution in [2.75, 3.05) is 19.5 Å². The minimum atomic E-state index is 0.138. The Bertz CT molecular complexity index is 1180. The Morgan fingerprint density at radius 2 is 1.64 bits per heavy atom. The zero-order chi connectivity index (χ0) is 22.9. The number of nitrogens with one attached hydrogen (secondary N) is 1. The fourth-order valence-electron chi connectivity index (χ4n) is 4.76. The maximum Gasteiger partial charge on any atom is 0.169 e. The summed E-state index contributed by atoms with van der Waals surface area (Å²) in [5.41, 5.74) is 10.7. The first kappa shape index (κ1) is 21.7. The van der Waals surface area contributed by atoms with E-state index in [1.54, 1.807) is 20.4 Å². The lowest BCUT2D eigenvalue weighted by Gasteiger charge is -2.29. The summed E-state index contributed by atoms with van der Waals surface area (Å²) >= 11 is 0. The molecule has 1 aromatic heterocycles. The van der Waals surface area contributed by atoms with Crippen LogP contribution in [0.4, 0.5) is 5.69 Å². The number of aromatic nitrogens is 1. The zero-order valence-electron chi connectivity index (χ0n) is 19.3. The molecule has 2 saturated carbocycles. The van der Waals surface area contributed by atoms with Gasteiger partial charge in [0, 0.05) is 29.6 Å². The molecular weight excluding hydrogens is 414 g/mol. The first-order valence-electron chi connectivity index (χ1n) is 11.8. The van der Waals surface area contributed by atoms with Gasteiger partial charge in [0.15, 0.2) is 17.3 Å². The zero-order valence-corrected chi connectivity index (χ0v) is 19.3. The first-order chi connectivity index (χ1) is 16.1. The predicted molar refractivity (Wildman–Crippen MR) is 131 cm³/mol. The number of carbonyl (C=O) groups excluding carboxylic acids is 1. The molecule has 0 atom stereocenters. The topological polar surface area (TPSA) is 86.5 Å². The molecule has 0 unspecified atom stereocenters. The van der Waals surface area contributed by atoms with Crippen LogP contribution in [0.1, 0.15) is 48.9 Å². The summed E-state index contributed by atoms with van der Waals surface area (Å²) < 4.78 is 10.9. The van der Waals surface area contributed by atoms with Gasteiger partial charge in [0.2, 0.25) is 0 Å². The van der Waals surface area contributed by atoms with Crippen molar-refractivity contribution in [3.8, 4) is 22.6 Å². The Kier molecular flexibility index (Phi) is 5.94. The quantitative estimate of drug-likeness (QED) is 0.487. The van der Waals surface area contributed by atoms with Crippen LogP contribution in [0.2, 0.25) is 0 Å². The molecule has 6 nitrogen and oxygen atoms in total. The Morgan fingerprint density at radius 1 is 0.939 bits per heavy atom. The lowest BCUT2D eigenvalue weighted by Crippen LogP contribution is -2.33. The van der Waals surface area contributed by atoms with Crippen molar-refractivity contribution in [1.29, 1.82) is 0 Å². The van der Waals surface area contributed by atoms with Gasteiger partial charge in [-0.3, -0.25) is 9.78 Å². The van der Waals surface area contributed by atoms with Crippen molar-refractivity contribution >= 4 is 22.4 Å². The summed E-state index contributed by atoms with van der Waals surface area (Å²) in [6, 6.07) is 12.7. The minimum Gasteiger partial charge on any atom is -0.493 e. The summed E-state index contributed by atoms with van der Waals surface area (Å²) in [7, 11) is 3.27. The third-order valence-corrected chi connectivity index (χ3v) is 6.92. The number of ether oxygens (including phenoxy) is 2. The smallest absolute Gasteiger partial charge is 0.169 e. The maximum absolute atomic E-state index is 13.1. The molecule has 0 saturated heterocycles. The number of anilines is 1. The fourth-order valence-corrected chi connectivity index (χ4v) is 4.76. The summed E-state index contributed by atoms with van der Waals surface area (Å²) in [5, 5.41) is 4.71. The second kappa shape index (κ2) is 9.02. The Hall–Kier alpha value is -3.12. The van der Waals surface area contributed by atoms with Crippen LogP contribution in [-0.4, -0.2) is 37.1 Å². The summed E-state index contributed by atoms with van der Waals surface area (Å²) in [6.45, 7) is 0. The van der Waals surface area contributed by atoms with Gasteiger partial charge in [-0.2, -0.15) is 0 Å². The van der Waals surface area contributed by atoms with Crippen molar-refractivity contribution in [2.45, 2.75) is 50.6 Å². The van der Waals surface area contributed by atoms with Gasteiger partial charge < -0.3 is 20.5 Å². The van der Waals surface area contributed by atoms with Gasteiger partial charge in [-0.25, -0.2) is 0 Å². The van der Waals surface area contributed by atoms with Crippen LogP contribution in [0, 0.1) is 5.92 Å². The number of methoxy groups -OCH3 is 2. The van der Waals surface area contributed by atoms with Gasteiger partial charge in [0.05, 0.1) is 31.0 Å². The van der Waals surface area contributed by atoms with E-state index in [1.807, 2.05) is 24.3 Å². The largest absolute Gasteiger partial charge is 0.493 e. The SMILES string of the molecule is COc1ccc(-c2ccc3ncc(C(=O)C4CC4)c(N[C@H]4CC[C@H](N)CC4)c3c2)cc1OC. The molecule has 1 heterocycles. The highest BCUT2D eigenvalue weighted by Crippen LogP contribution is 2.39. The number of pyridine rings is 1. The average Bonchev–Trinajstić information content (AvgIpc) is 3.70. The molecule has 0 bridgehead atoms. The number of rotatable bonds is 7. The van der Waals surface area contributed by atoms with Crippen molar-refractivity contribution in [1.82, 2.24) is 4.98 Å². The number of Topliss-reactive ketones (excluding diaryl/α,β-unsaturated/α-hetero) is 1. The Balaban J connectivity index is 1.59. The molecule has 3 N–H and O–H groups in total. The minimum absolute atomic E-state index is 0.138. The normalized spacial score (nSPS) is 20.5. The Labute approximate surface area is 194 Å². The average molecular weight is 446 g/mol. The lowest BCUT2D eigenvalue weighted by molar-refractivity contribution is 0.0968. The molecule has 2 aromatic carbocycles. The van der Waals surface area contributed by atoms with E-state index >= 15 is 0 Å². The van der Waals surface area contributed by atoms with Gasteiger partial charge in [0.25, 0.3) is 0 Å². The number of carbonyl (C=O) groups is 1. The number of nitrogens with zero attached hydrogens (tertiary/aromatic N) is 1. The van der Waals surface area contributed by atoms with Crippen LogP contribution >= 0.6 is 0 Å². The molecule has 6 heteroatoms. The van der Waals surface area contributed by atoms with E-state index in [4.69, 9.17) is 15.2 Å².